The maximum absolute atomic E-state index is 12.0. The summed E-state index contributed by atoms with van der Waals surface area (Å²) in [5, 5.41) is 16.0. The maximum Gasteiger partial charge on any atom is 0.225 e. The fraction of sp³-hybridized carbons (Fsp3) is 0.278. The number of aromatic nitrogens is 5. The summed E-state index contributed by atoms with van der Waals surface area (Å²) in [7, 11) is 0. The van der Waals surface area contributed by atoms with Crippen LogP contribution in [-0.4, -0.2) is 36.7 Å². The van der Waals surface area contributed by atoms with Gasteiger partial charge in [-0.2, -0.15) is 5.10 Å². The number of anilines is 1. The molecule has 1 fully saturated rings. The van der Waals surface area contributed by atoms with Crippen LogP contribution in [-0.2, 0) is 4.79 Å². The van der Waals surface area contributed by atoms with Crippen LogP contribution in [0.25, 0.3) is 16.6 Å². The number of para-hydroxylation sites is 1. The second-order valence-electron chi connectivity index (χ2n) is 6.64. The molecule has 0 radical (unpaired) electrons. The highest BCUT2D eigenvalue weighted by molar-refractivity contribution is 8.01. The lowest BCUT2D eigenvalue weighted by atomic mass is 10.2. The first-order valence-electron chi connectivity index (χ1n) is 8.77. The molecule has 0 atom stereocenters. The van der Waals surface area contributed by atoms with Crippen molar-refractivity contribution < 1.29 is 4.79 Å². The van der Waals surface area contributed by atoms with Crippen LogP contribution in [0.1, 0.15) is 25.5 Å². The number of nitrogens with zero attached hydrogens (tertiary/aromatic N) is 6. The number of benzene rings is 1. The Balaban J connectivity index is 1.58. The van der Waals surface area contributed by atoms with E-state index in [1.165, 1.54) is 23.1 Å². The topological polar surface area (TPSA) is 76.3 Å². The monoisotopic (exact) mass is 430 g/mol. The lowest BCUT2D eigenvalue weighted by molar-refractivity contribution is -0.116. The second-order valence-corrected chi connectivity index (χ2v) is 9.21. The van der Waals surface area contributed by atoms with E-state index in [9.17, 15) is 4.79 Å². The van der Waals surface area contributed by atoms with Gasteiger partial charge in [0.25, 0.3) is 0 Å². The Morgan fingerprint density at radius 1 is 1.32 bits per heavy atom. The van der Waals surface area contributed by atoms with Crippen molar-refractivity contribution in [3.8, 4) is 0 Å². The fourth-order valence-corrected chi connectivity index (χ4v) is 5.28. The normalized spacial score (nSPS) is 14.1. The molecule has 4 aromatic rings. The SMILES string of the molecule is CC(=O)N(c1nnc(Sc2nc3c(Cl)c(C)nn3c3ccccc23)s1)C1CC1. The van der Waals surface area contributed by atoms with Crippen LogP contribution in [0.15, 0.2) is 33.6 Å². The van der Waals surface area contributed by atoms with Gasteiger partial charge in [-0.1, -0.05) is 41.1 Å². The average Bonchev–Trinajstić information content (AvgIpc) is 3.33. The molecule has 1 aliphatic rings. The predicted octanol–water partition coefficient (Wildman–Crippen LogP) is 4.36. The first-order valence-corrected chi connectivity index (χ1v) is 10.8. The molecular weight excluding hydrogens is 416 g/mol. The molecule has 10 heteroatoms. The quantitative estimate of drug-likeness (QED) is 0.353. The van der Waals surface area contributed by atoms with E-state index in [1.807, 2.05) is 31.2 Å². The van der Waals surface area contributed by atoms with E-state index in [-0.39, 0.29) is 11.9 Å². The van der Waals surface area contributed by atoms with Gasteiger partial charge in [-0.05, 0) is 37.6 Å². The molecule has 3 aromatic heterocycles. The van der Waals surface area contributed by atoms with Gasteiger partial charge in [0.1, 0.15) is 10.0 Å². The van der Waals surface area contributed by atoms with E-state index in [0.717, 1.165) is 38.8 Å². The summed E-state index contributed by atoms with van der Waals surface area (Å²) >= 11 is 9.25. The zero-order chi connectivity index (χ0) is 19.4. The summed E-state index contributed by atoms with van der Waals surface area (Å²) in [6.45, 7) is 3.43. The number of carbonyl (C=O) groups excluding carboxylic acids is 1. The van der Waals surface area contributed by atoms with Crippen LogP contribution in [0.3, 0.4) is 0 Å². The number of hydrogen-bond donors (Lipinski definition) is 0. The Bertz CT molecular complexity index is 1230. The third kappa shape index (κ3) is 2.94. The number of amides is 1. The van der Waals surface area contributed by atoms with Crippen molar-refractivity contribution in [2.75, 3.05) is 4.90 Å². The third-order valence-electron chi connectivity index (χ3n) is 4.57. The molecule has 1 amide bonds. The van der Waals surface area contributed by atoms with Crippen molar-refractivity contribution in [1.82, 2.24) is 24.8 Å². The molecule has 28 heavy (non-hydrogen) atoms. The predicted molar refractivity (Wildman–Crippen MR) is 110 cm³/mol. The van der Waals surface area contributed by atoms with Crippen LogP contribution < -0.4 is 4.90 Å². The molecule has 0 bridgehead atoms. The van der Waals surface area contributed by atoms with Crippen molar-refractivity contribution in [2.24, 2.45) is 0 Å². The molecule has 1 aliphatic carbocycles. The Morgan fingerprint density at radius 2 is 2.11 bits per heavy atom. The molecule has 0 unspecified atom stereocenters. The van der Waals surface area contributed by atoms with Gasteiger partial charge in [0.05, 0.1) is 11.2 Å². The highest BCUT2D eigenvalue weighted by Gasteiger charge is 2.34. The van der Waals surface area contributed by atoms with E-state index in [4.69, 9.17) is 16.6 Å². The molecule has 0 spiro atoms. The average molecular weight is 431 g/mol. The maximum atomic E-state index is 12.0. The molecule has 0 aliphatic heterocycles. The molecule has 7 nitrogen and oxygen atoms in total. The molecule has 142 valence electrons. The lowest BCUT2D eigenvalue weighted by Crippen LogP contribution is -2.30. The van der Waals surface area contributed by atoms with Crippen LogP contribution in [0.5, 0.6) is 0 Å². The Labute approximate surface area is 173 Å². The van der Waals surface area contributed by atoms with E-state index in [0.29, 0.717) is 15.8 Å². The zero-order valence-corrected chi connectivity index (χ0v) is 17.5. The summed E-state index contributed by atoms with van der Waals surface area (Å²) in [5.41, 5.74) is 2.28. The summed E-state index contributed by atoms with van der Waals surface area (Å²) in [6.07, 6.45) is 2.03. The number of rotatable bonds is 4. The molecule has 1 saturated carbocycles. The van der Waals surface area contributed by atoms with Gasteiger partial charge in [-0.15, -0.1) is 10.2 Å². The van der Waals surface area contributed by atoms with Crippen LogP contribution in [0.2, 0.25) is 5.02 Å². The summed E-state index contributed by atoms with van der Waals surface area (Å²) in [4.78, 5) is 18.5. The van der Waals surface area contributed by atoms with Crippen LogP contribution >= 0.6 is 34.7 Å². The van der Waals surface area contributed by atoms with Crippen molar-refractivity contribution in [3.05, 3.63) is 35.0 Å². The van der Waals surface area contributed by atoms with Gasteiger partial charge in [-0.25, -0.2) is 9.50 Å². The van der Waals surface area contributed by atoms with Gasteiger partial charge in [0.2, 0.25) is 11.0 Å². The van der Waals surface area contributed by atoms with Gasteiger partial charge in [-0.3, -0.25) is 9.69 Å². The number of carbonyl (C=O) groups is 1. The van der Waals surface area contributed by atoms with Crippen LogP contribution in [0, 0.1) is 6.92 Å². The number of fused-ring (bicyclic) bond motifs is 3. The Hall–Kier alpha value is -2.23. The first-order chi connectivity index (χ1) is 13.5. The standard InChI is InChI=1S/C18H15ClN6OS2/c1-9-14(19)15-20-16(12-5-3-4-6-13(12)25(15)23-9)27-18-22-21-17(28-18)24(10(2)26)11-7-8-11/h3-6,11H,7-8H2,1-2H3. The minimum absolute atomic E-state index is 0.00158. The Morgan fingerprint density at radius 3 is 2.86 bits per heavy atom. The van der Waals surface area contributed by atoms with Gasteiger partial charge < -0.3 is 0 Å². The van der Waals surface area contributed by atoms with E-state index >= 15 is 0 Å². The van der Waals surface area contributed by atoms with E-state index in [1.54, 1.807) is 16.3 Å². The summed E-state index contributed by atoms with van der Waals surface area (Å²) < 4.78 is 2.50. The molecule has 5 rings (SSSR count). The van der Waals surface area contributed by atoms with Crippen molar-refractivity contribution in [1.29, 1.82) is 0 Å². The first kappa shape index (κ1) is 17.8. The molecule has 3 heterocycles. The minimum atomic E-state index is 0.00158. The molecular formula is C18H15ClN6OS2. The molecule has 0 N–H and O–H groups in total. The lowest BCUT2D eigenvalue weighted by Gasteiger charge is -2.15. The summed E-state index contributed by atoms with van der Waals surface area (Å²) in [6, 6.07) is 8.18. The number of hydrogen-bond acceptors (Lipinski definition) is 7. The smallest absolute Gasteiger partial charge is 0.225 e. The van der Waals surface area contributed by atoms with Crippen molar-refractivity contribution in [3.63, 3.8) is 0 Å². The largest absolute Gasteiger partial charge is 0.284 e. The van der Waals surface area contributed by atoms with Crippen molar-refractivity contribution in [2.45, 2.75) is 42.1 Å². The van der Waals surface area contributed by atoms with Crippen LogP contribution in [0.4, 0.5) is 5.13 Å². The van der Waals surface area contributed by atoms with Gasteiger partial charge in [0.15, 0.2) is 9.99 Å². The highest BCUT2D eigenvalue weighted by atomic mass is 35.5. The Kier molecular flexibility index (Phi) is 4.26. The highest BCUT2D eigenvalue weighted by Crippen LogP contribution is 2.39. The molecule has 0 saturated heterocycles. The van der Waals surface area contributed by atoms with E-state index in [2.05, 4.69) is 15.3 Å². The van der Waals surface area contributed by atoms with Gasteiger partial charge in [0, 0.05) is 18.4 Å². The number of halogens is 1. The van der Waals surface area contributed by atoms with Gasteiger partial charge >= 0.3 is 0 Å². The minimum Gasteiger partial charge on any atom is -0.284 e. The van der Waals surface area contributed by atoms with E-state index < -0.39 is 0 Å². The van der Waals surface area contributed by atoms with Crippen molar-refractivity contribution >= 4 is 62.3 Å². The second kappa shape index (κ2) is 6.68. The third-order valence-corrected chi connectivity index (χ3v) is 6.99. The molecule has 1 aromatic carbocycles. The summed E-state index contributed by atoms with van der Waals surface area (Å²) in [5.74, 6) is 0.00158. The zero-order valence-electron chi connectivity index (χ0n) is 15.1. The number of aryl methyl sites for hydroxylation is 1. The fourth-order valence-electron chi connectivity index (χ4n) is 3.14.